The number of methoxy groups -OCH3 is 1. The summed E-state index contributed by atoms with van der Waals surface area (Å²) in [5.41, 5.74) is 2.28. The average Bonchev–Trinajstić information content (AvgIpc) is 2.79. The average molecular weight is 408 g/mol. The molecule has 0 bridgehead atoms. The first-order chi connectivity index (χ1) is 14.7. The molecule has 0 saturated heterocycles. The molecule has 0 fully saturated rings. The zero-order valence-corrected chi connectivity index (χ0v) is 18.1. The van der Waals surface area contributed by atoms with Gasteiger partial charge in [-0.3, -0.25) is 4.79 Å². The number of carbonyl (C=O) groups is 1. The normalized spacial score (nSPS) is 17.5. The maximum atomic E-state index is 13.0. The minimum atomic E-state index is -0.0433. The summed E-state index contributed by atoms with van der Waals surface area (Å²) in [6.07, 6.45) is 6.61. The number of carbonyl (C=O) groups excluding carboxylic acids is 1. The first kappa shape index (κ1) is 22.1. The Hall–Kier alpha value is -2.59. The smallest absolute Gasteiger partial charge is 0.250 e. The summed E-state index contributed by atoms with van der Waals surface area (Å²) >= 11 is 0. The molecular formula is C26H33NO3. The van der Waals surface area contributed by atoms with E-state index in [9.17, 15) is 4.79 Å². The fourth-order valence-corrected chi connectivity index (χ4v) is 3.97. The van der Waals surface area contributed by atoms with E-state index in [4.69, 9.17) is 9.47 Å². The lowest BCUT2D eigenvalue weighted by atomic mass is 9.95. The summed E-state index contributed by atoms with van der Waals surface area (Å²) in [6, 6.07) is 20.4. The van der Waals surface area contributed by atoms with Gasteiger partial charge in [0.15, 0.2) is 0 Å². The molecule has 30 heavy (non-hydrogen) atoms. The van der Waals surface area contributed by atoms with Gasteiger partial charge in [0.2, 0.25) is 0 Å². The first-order valence-electron chi connectivity index (χ1n) is 11.0. The van der Waals surface area contributed by atoms with E-state index in [2.05, 4.69) is 31.2 Å². The van der Waals surface area contributed by atoms with Crippen molar-refractivity contribution in [1.82, 2.24) is 4.90 Å². The number of benzene rings is 2. The highest BCUT2D eigenvalue weighted by atomic mass is 16.5. The van der Waals surface area contributed by atoms with E-state index in [1.165, 1.54) is 0 Å². The molecule has 0 spiro atoms. The van der Waals surface area contributed by atoms with Crippen LogP contribution in [0.15, 0.2) is 72.5 Å². The van der Waals surface area contributed by atoms with Gasteiger partial charge in [-0.05, 0) is 17.5 Å². The lowest BCUT2D eigenvalue weighted by Crippen LogP contribution is -2.49. The summed E-state index contributed by atoms with van der Waals surface area (Å²) in [7, 11) is 1.64. The predicted molar refractivity (Wildman–Crippen MR) is 120 cm³/mol. The Morgan fingerprint density at radius 3 is 2.30 bits per heavy atom. The van der Waals surface area contributed by atoms with E-state index in [0.29, 0.717) is 19.6 Å². The molecule has 1 heterocycles. The SMILES string of the molecule is CCCCC[C@H](OCc1ccccc1)C1CC(OC)=CC(=O)N1Cc1ccccc1. The molecule has 2 aromatic rings. The Morgan fingerprint density at radius 1 is 1.00 bits per heavy atom. The van der Waals surface area contributed by atoms with Crippen molar-refractivity contribution in [2.24, 2.45) is 0 Å². The number of nitrogens with zero attached hydrogens (tertiary/aromatic N) is 1. The van der Waals surface area contributed by atoms with Crippen LogP contribution < -0.4 is 0 Å². The van der Waals surface area contributed by atoms with E-state index in [1.54, 1.807) is 13.2 Å². The maximum Gasteiger partial charge on any atom is 0.250 e. The van der Waals surface area contributed by atoms with Crippen molar-refractivity contribution in [2.45, 2.75) is 64.3 Å². The van der Waals surface area contributed by atoms with Gasteiger partial charge in [-0.2, -0.15) is 0 Å². The molecule has 1 aliphatic rings. The Labute approximate surface area is 180 Å². The lowest BCUT2D eigenvalue weighted by Gasteiger charge is -2.39. The predicted octanol–water partition coefficient (Wildman–Crippen LogP) is 5.48. The highest BCUT2D eigenvalue weighted by Gasteiger charge is 2.35. The highest BCUT2D eigenvalue weighted by molar-refractivity contribution is 5.89. The summed E-state index contributed by atoms with van der Waals surface area (Å²) in [6.45, 7) is 3.34. The van der Waals surface area contributed by atoms with Gasteiger partial charge in [-0.15, -0.1) is 0 Å². The number of rotatable bonds is 11. The van der Waals surface area contributed by atoms with Gasteiger partial charge < -0.3 is 14.4 Å². The second-order valence-electron chi connectivity index (χ2n) is 7.87. The van der Waals surface area contributed by atoms with Crippen LogP contribution in [-0.4, -0.2) is 30.1 Å². The zero-order chi connectivity index (χ0) is 21.2. The minimum absolute atomic E-state index is 0.00393. The van der Waals surface area contributed by atoms with Gasteiger partial charge >= 0.3 is 0 Å². The van der Waals surface area contributed by atoms with Crippen LogP contribution in [0.5, 0.6) is 0 Å². The van der Waals surface area contributed by atoms with Crippen LogP contribution in [0, 0.1) is 0 Å². The van der Waals surface area contributed by atoms with Gasteiger partial charge in [0.05, 0.1) is 25.9 Å². The van der Waals surface area contributed by atoms with Crippen LogP contribution in [0.1, 0.15) is 50.2 Å². The Bertz CT molecular complexity index is 804. The van der Waals surface area contributed by atoms with Crippen molar-refractivity contribution in [3.05, 3.63) is 83.6 Å². The van der Waals surface area contributed by atoms with E-state index >= 15 is 0 Å². The van der Waals surface area contributed by atoms with Crippen LogP contribution in [0.4, 0.5) is 0 Å². The fraction of sp³-hybridized carbons (Fsp3) is 0.423. The van der Waals surface area contributed by atoms with Gasteiger partial charge in [0.25, 0.3) is 5.91 Å². The van der Waals surface area contributed by atoms with Crippen molar-refractivity contribution in [2.75, 3.05) is 7.11 Å². The molecular weight excluding hydrogens is 374 g/mol. The van der Waals surface area contributed by atoms with Crippen LogP contribution in [0.3, 0.4) is 0 Å². The van der Waals surface area contributed by atoms with Crippen molar-refractivity contribution in [3.63, 3.8) is 0 Å². The molecule has 4 heteroatoms. The maximum absolute atomic E-state index is 13.0. The number of amides is 1. The quantitative estimate of drug-likeness (QED) is 0.463. The molecule has 0 N–H and O–H groups in total. The Balaban J connectivity index is 1.81. The summed E-state index contributed by atoms with van der Waals surface area (Å²) in [5, 5.41) is 0. The third kappa shape index (κ3) is 6.20. The zero-order valence-electron chi connectivity index (χ0n) is 18.1. The molecule has 2 atom stereocenters. The standard InChI is InChI=1S/C26H33NO3/c1-3-4-7-16-25(30-20-22-14-10-6-11-15-22)24-17-23(29-2)18-26(28)27(24)19-21-12-8-5-9-13-21/h5-6,8-15,18,24-25H,3-4,7,16-17,19-20H2,1-2H3/t24?,25-/m0/s1. The monoisotopic (exact) mass is 407 g/mol. The number of hydrogen-bond acceptors (Lipinski definition) is 3. The van der Waals surface area contributed by atoms with Crippen molar-refractivity contribution >= 4 is 5.91 Å². The van der Waals surface area contributed by atoms with E-state index < -0.39 is 0 Å². The molecule has 2 aromatic carbocycles. The second kappa shape index (κ2) is 11.6. The molecule has 0 aliphatic carbocycles. The topological polar surface area (TPSA) is 38.8 Å². The van der Waals surface area contributed by atoms with Crippen LogP contribution in [0.2, 0.25) is 0 Å². The largest absolute Gasteiger partial charge is 0.501 e. The highest BCUT2D eigenvalue weighted by Crippen LogP contribution is 2.28. The summed E-state index contributed by atoms with van der Waals surface area (Å²) in [5.74, 6) is 0.730. The van der Waals surface area contributed by atoms with Crippen LogP contribution >= 0.6 is 0 Å². The van der Waals surface area contributed by atoms with Gasteiger partial charge in [0, 0.05) is 19.0 Å². The minimum Gasteiger partial charge on any atom is -0.501 e. The van der Waals surface area contributed by atoms with Crippen LogP contribution in [-0.2, 0) is 27.4 Å². The molecule has 1 amide bonds. The third-order valence-corrected chi connectivity index (χ3v) is 5.66. The van der Waals surface area contributed by atoms with Crippen LogP contribution in [0.25, 0.3) is 0 Å². The molecule has 4 nitrogen and oxygen atoms in total. The Kier molecular flexibility index (Phi) is 8.52. The third-order valence-electron chi connectivity index (χ3n) is 5.66. The number of unbranched alkanes of at least 4 members (excludes halogenated alkanes) is 2. The Morgan fingerprint density at radius 2 is 1.67 bits per heavy atom. The molecule has 160 valence electrons. The number of ether oxygens (including phenoxy) is 2. The van der Waals surface area contributed by atoms with E-state index in [1.807, 2.05) is 41.3 Å². The molecule has 0 radical (unpaired) electrons. The second-order valence-corrected chi connectivity index (χ2v) is 7.87. The first-order valence-corrected chi connectivity index (χ1v) is 11.0. The van der Waals surface area contributed by atoms with E-state index in [-0.39, 0.29) is 18.1 Å². The summed E-state index contributed by atoms with van der Waals surface area (Å²) < 4.78 is 11.9. The summed E-state index contributed by atoms with van der Waals surface area (Å²) in [4.78, 5) is 15.0. The molecule has 3 rings (SSSR count). The number of hydrogen-bond donors (Lipinski definition) is 0. The molecule has 1 aliphatic heterocycles. The fourth-order valence-electron chi connectivity index (χ4n) is 3.97. The molecule has 0 saturated carbocycles. The van der Waals surface area contributed by atoms with Gasteiger partial charge in [-0.1, -0.05) is 86.8 Å². The van der Waals surface area contributed by atoms with Crippen molar-refractivity contribution in [1.29, 1.82) is 0 Å². The lowest BCUT2D eigenvalue weighted by molar-refractivity contribution is -0.136. The molecule has 1 unspecified atom stereocenters. The molecule has 0 aromatic heterocycles. The van der Waals surface area contributed by atoms with E-state index in [0.717, 1.165) is 42.6 Å². The van der Waals surface area contributed by atoms with Gasteiger partial charge in [-0.25, -0.2) is 0 Å². The van der Waals surface area contributed by atoms with Crippen molar-refractivity contribution < 1.29 is 14.3 Å². The van der Waals surface area contributed by atoms with Gasteiger partial charge in [0.1, 0.15) is 5.76 Å². The van der Waals surface area contributed by atoms with Crippen molar-refractivity contribution in [3.8, 4) is 0 Å².